The van der Waals surface area contributed by atoms with Crippen LogP contribution in [0.15, 0.2) is 24.5 Å². The van der Waals surface area contributed by atoms with E-state index in [2.05, 4.69) is 15.0 Å². The highest BCUT2D eigenvalue weighted by Gasteiger charge is 2.05. The molecule has 4 nitrogen and oxygen atoms in total. The number of carbonyl (C=O) groups is 1. The van der Waals surface area contributed by atoms with Crippen molar-refractivity contribution < 1.29 is 9.53 Å². The van der Waals surface area contributed by atoms with Crippen LogP contribution in [-0.2, 0) is 9.53 Å². The van der Waals surface area contributed by atoms with E-state index in [1.54, 1.807) is 6.20 Å². The lowest BCUT2D eigenvalue weighted by Crippen LogP contribution is -2.22. The first-order valence-corrected chi connectivity index (χ1v) is 4.94. The Morgan fingerprint density at radius 2 is 2.47 bits per heavy atom. The zero-order valence-electron chi connectivity index (χ0n) is 9.06. The molecule has 0 saturated carbocycles. The molecule has 0 spiro atoms. The van der Waals surface area contributed by atoms with Gasteiger partial charge in [-0.2, -0.15) is 0 Å². The zero-order chi connectivity index (χ0) is 11.1. The van der Waals surface area contributed by atoms with Crippen LogP contribution in [0.3, 0.4) is 0 Å². The fourth-order valence-electron chi connectivity index (χ4n) is 1.24. The molecule has 15 heavy (non-hydrogen) atoms. The molecule has 0 radical (unpaired) electrons. The second-order valence-electron chi connectivity index (χ2n) is 3.29. The van der Waals surface area contributed by atoms with Crippen molar-refractivity contribution in [3.05, 3.63) is 30.1 Å². The maximum Gasteiger partial charge on any atom is 0.306 e. The molecule has 82 valence electrons. The zero-order valence-corrected chi connectivity index (χ0v) is 9.06. The minimum absolute atomic E-state index is 0.194. The van der Waals surface area contributed by atoms with Crippen molar-refractivity contribution in [3.8, 4) is 0 Å². The summed E-state index contributed by atoms with van der Waals surface area (Å²) in [6.07, 6.45) is 3.95. The van der Waals surface area contributed by atoms with Crippen molar-refractivity contribution in [1.82, 2.24) is 10.3 Å². The number of methoxy groups -OCH3 is 1. The summed E-state index contributed by atoms with van der Waals surface area (Å²) in [7, 11) is 1.40. The van der Waals surface area contributed by atoms with Gasteiger partial charge in [0, 0.05) is 25.0 Å². The quantitative estimate of drug-likeness (QED) is 0.741. The molecule has 1 aromatic heterocycles. The molecule has 0 aromatic carbocycles. The highest BCUT2D eigenvalue weighted by Crippen LogP contribution is 2.09. The highest BCUT2D eigenvalue weighted by atomic mass is 16.5. The molecule has 0 saturated heterocycles. The van der Waals surface area contributed by atoms with Gasteiger partial charge in [-0.1, -0.05) is 6.07 Å². The maximum atomic E-state index is 10.9. The Balaban J connectivity index is 2.31. The Kier molecular flexibility index (Phi) is 4.77. The van der Waals surface area contributed by atoms with Crippen molar-refractivity contribution in [2.45, 2.75) is 19.4 Å². The fraction of sp³-hybridized carbons (Fsp3) is 0.455. The summed E-state index contributed by atoms with van der Waals surface area (Å²) in [5, 5.41) is 3.22. The second kappa shape index (κ2) is 6.14. The summed E-state index contributed by atoms with van der Waals surface area (Å²) in [6, 6.07) is 4.10. The smallest absolute Gasteiger partial charge is 0.306 e. The first-order valence-electron chi connectivity index (χ1n) is 4.94. The van der Waals surface area contributed by atoms with Gasteiger partial charge in [0.15, 0.2) is 0 Å². The van der Waals surface area contributed by atoms with Crippen molar-refractivity contribution in [1.29, 1.82) is 0 Å². The van der Waals surface area contributed by atoms with E-state index in [-0.39, 0.29) is 12.0 Å². The van der Waals surface area contributed by atoms with E-state index in [0.29, 0.717) is 13.0 Å². The number of aromatic nitrogens is 1. The van der Waals surface area contributed by atoms with Gasteiger partial charge < -0.3 is 10.1 Å². The Morgan fingerprint density at radius 1 is 1.67 bits per heavy atom. The first-order chi connectivity index (χ1) is 7.24. The molecule has 1 atom stereocenters. The van der Waals surface area contributed by atoms with E-state index in [1.165, 1.54) is 7.11 Å². The molecular formula is C11H16N2O2. The number of carbonyl (C=O) groups excluding carboxylic acids is 1. The molecular weight excluding hydrogens is 192 g/mol. The molecule has 1 rings (SSSR count). The van der Waals surface area contributed by atoms with Crippen LogP contribution in [0.25, 0.3) is 0 Å². The van der Waals surface area contributed by atoms with Crippen LogP contribution in [0.2, 0.25) is 0 Å². The van der Waals surface area contributed by atoms with Gasteiger partial charge in [0.25, 0.3) is 0 Å². The topological polar surface area (TPSA) is 51.2 Å². The average molecular weight is 208 g/mol. The van der Waals surface area contributed by atoms with Crippen LogP contribution in [0.5, 0.6) is 0 Å². The van der Waals surface area contributed by atoms with Gasteiger partial charge in [-0.25, -0.2) is 0 Å². The SMILES string of the molecule is COC(=O)CCN[C@H](C)c1cccnc1. The number of ether oxygens (including phenoxy) is 1. The molecule has 0 bridgehead atoms. The Morgan fingerprint density at radius 3 is 3.07 bits per heavy atom. The Labute approximate surface area is 89.7 Å². The molecule has 4 heteroatoms. The minimum atomic E-state index is -0.194. The van der Waals surface area contributed by atoms with Crippen LogP contribution in [0, 0.1) is 0 Å². The summed E-state index contributed by atoms with van der Waals surface area (Å²) in [6.45, 7) is 2.65. The van der Waals surface area contributed by atoms with Gasteiger partial charge in [0.05, 0.1) is 13.5 Å². The lowest BCUT2D eigenvalue weighted by Gasteiger charge is -2.12. The van der Waals surface area contributed by atoms with Crippen LogP contribution in [-0.4, -0.2) is 24.6 Å². The average Bonchev–Trinajstić information content (AvgIpc) is 2.29. The minimum Gasteiger partial charge on any atom is -0.469 e. The molecule has 0 aliphatic carbocycles. The van der Waals surface area contributed by atoms with Gasteiger partial charge in [-0.3, -0.25) is 9.78 Å². The molecule has 1 N–H and O–H groups in total. The summed E-state index contributed by atoms with van der Waals surface area (Å²) in [5.41, 5.74) is 1.11. The number of hydrogen-bond donors (Lipinski definition) is 1. The van der Waals surface area contributed by atoms with E-state index in [0.717, 1.165) is 5.56 Å². The van der Waals surface area contributed by atoms with Crippen molar-refractivity contribution in [2.75, 3.05) is 13.7 Å². The van der Waals surface area contributed by atoms with E-state index in [9.17, 15) is 4.79 Å². The third-order valence-corrected chi connectivity index (χ3v) is 2.19. The van der Waals surface area contributed by atoms with Gasteiger partial charge >= 0.3 is 5.97 Å². The molecule has 0 aliphatic rings. The largest absolute Gasteiger partial charge is 0.469 e. The molecule has 1 aromatic rings. The lowest BCUT2D eigenvalue weighted by molar-refractivity contribution is -0.140. The van der Waals surface area contributed by atoms with Gasteiger partial charge in [0.1, 0.15) is 0 Å². The van der Waals surface area contributed by atoms with Crippen molar-refractivity contribution in [3.63, 3.8) is 0 Å². The standard InChI is InChI=1S/C11H16N2O2/c1-9(10-4-3-6-12-8-10)13-7-5-11(14)15-2/h3-4,6,8-9,13H,5,7H2,1-2H3/t9-/m1/s1. The maximum absolute atomic E-state index is 10.9. The Bertz CT molecular complexity index is 301. The fourth-order valence-corrected chi connectivity index (χ4v) is 1.24. The predicted octanol–water partition coefficient (Wildman–Crippen LogP) is 1.30. The number of pyridine rings is 1. The molecule has 0 aliphatic heterocycles. The van der Waals surface area contributed by atoms with E-state index >= 15 is 0 Å². The van der Waals surface area contributed by atoms with E-state index in [4.69, 9.17) is 0 Å². The highest BCUT2D eigenvalue weighted by molar-refractivity contribution is 5.69. The van der Waals surface area contributed by atoms with E-state index in [1.807, 2.05) is 25.3 Å². The number of nitrogens with zero attached hydrogens (tertiary/aromatic N) is 1. The monoisotopic (exact) mass is 208 g/mol. The third kappa shape index (κ3) is 4.08. The number of esters is 1. The van der Waals surface area contributed by atoms with Crippen LogP contribution < -0.4 is 5.32 Å². The van der Waals surface area contributed by atoms with Crippen LogP contribution in [0.1, 0.15) is 24.9 Å². The normalized spacial score (nSPS) is 12.1. The molecule has 1 heterocycles. The third-order valence-electron chi connectivity index (χ3n) is 2.19. The molecule has 0 fully saturated rings. The predicted molar refractivity (Wildman–Crippen MR) is 57.3 cm³/mol. The molecule has 0 unspecified atom stereocenters. The molecule has 0 amide bonds. The summed E-state index contributed by atoms with van der Waals surface area (Å²) >= 11 is 0. The van der Waals surface area contributed by atoms with E-state index < -0.39 is 0 Å². The summed E-state index contributed by atoms with van der Waals surface area (Å²) in [4.78, 5) is 14.9. The Hall–Kier alpha value is -1.42. The van der Waals surface area contributed by atoms with Crippen LogP contribution in [0.4, 0.5) is 0 Å². The number of rotatable bonds is 5. The van der Waals surface area contributed by atoms with Gasteiger partial charge in [-0.05, 0) is 18.6 Å². The van der Waals surface area contributed by atoms with Gasteiger partial charge in [-0.15, -0.1) is 0 Å². The second-order valence-corrected chi connectivity index (χ2v) is 3.29. The summed E-state index contributed by atoms with van der Waals surface area (Å²) < 4.78 is 4.55. The van der Waals surface area contributed by atoms with Crippen molar-refractivity contribution >= 4 is 5.97 Å². The van der Waals surface area contributed by atoms with Crippen molar-refractivity contribution in [2.24, 2.45) is 0 Å². The number of hydrogen-bond acceptors (Lipinski definition) is 4. The number of nitrogens with one attached hydrogen (secondary N) is 1. The lowest BCUT2D eigenvalue weighted by atomic mass is 10.1. The first kappa shape index (κ1) is 11.7. The van der Waals surface area contributed by atoms with Gasteiger partial charge in [0.2, 0.25) is 0 Å². The summed E-state index contributed by atoms with van der Waals surface area (Å²) in [5.74, 6) is -0.194. The van der Waals surface area contributed by atoms with Crippen LogP contribution >= 0.6 is 0 Å².